The molecule has 0 aliphatic rings. The Labute approximate surface area is 140 Å². The molecule has 6 nitrogen and oxygen atoms in total. The van der Waals surface area contributed by atoms with Gasteiger partial charge in [0.2, 0.25) is 0 Å². The number of anilines is 1. The lowest BCUT2D eigenvalue weighted by Gasteiger charge is -2.14. The van der Waals surface area contributed by atoms with E-state index in [9.17, 15) is 21.6 Å². The minimum absolute atomic E-state index is 0.138. The van der Waals surface area contributed by atoms with Crippen molar-refractivity contribution >= 4 is 26.6 Å². The summed E-state index contributed by atoms with van der Waals surface area (Å²) in [6, 6.07) is 7.79. The van der Waals surface area contributed by atoms with Crippen molar-refractivity contribution in [2.24, 2.45) is 0 Å². The van der Waals surface area contributed by atoms with E-state index < -0.39 is 22.1 Å². The molecule has 0 unspecified atom stereocenters. The number of hydrogen-bond donors (Lipinski definition) is 1. The molecule has 0 amide bonds. The van der Waals surface area contributed by atoms with Crippen LogP contribution in [0.1, 0.15) is 0 Å². The van der Waals surface area contributed by atoms with Gasteiger partial charge in [0.25, 0.3) is 10.0 Å². The molecule has 0 spiro atoms. The normalized spacial score (nSPS) is 12.1. The van der Waals surface area contributed by atoms with Crippen LogP contribution in [-0.2, 0) is 10.0 Å². The number of aromatic nitrogens is 2. The van der Waals surface area contributed by atoms with Crippen LogP contribution in [0.5, 0.6) is 5.75 Å². The molecule has 0 aliphatic carbocycles. The lowest BCUT2D eigenvalue weighted by molar-refractivity contribution is -0.274. The van der Waals surface area contributed by atoms with Gasteiger partial charge < -0.3 is 4.74 Å². The molecule has 25 heavy (non-hydrogen) atoms. The maximum atomic E-state index is 12.5. The van der Waals surface area contributed by atoms with Crippen molar-refractivity contribution < 1.29 is 26.3 Å². The van der Waals surface area contributed by atoms with E-state index in [-0.39, 0.29) is 21.5 Å². The molecule has 0 fully saturated rings. The molecular formula is C15H10F3N3O3S. The first-order valence-corrected chi connectivity index (χ1v) is 8.30. The average molecular weight is 369 g/mol. The molecule has 10 heteroatoms. The third-order valence-corrected chi connectivity index (χ3v) is 4.45. The molecule has 0 aliphatic heterocycles. The van der Waals surface area contributed by atoms with Crippen molar-refractivity contribution in [3.05, 3.63) is 55.0 Å². The molecule has 0 saturated heterocycles. The van der Waals surface area contributed by atoms with Gasteiger partial charge in [0, 0.05) is 30.0 Å². The van der Waals surface area contributed by atoms with Gasteiger partial charge >= 0.3 is 6.36 Å². The summed E-state index contributed by atoms with van der Waals surface area (Å²) in [6.07, 6.45) is -0.994. The second-order valence-corrected chi connectivity index (χ2v) is 6.57. The SMILES string of the molecule is O=S(=O)(Nc1cc(OC(F)(F)F)cc2cccnc12)c1cccnc1. The van der Waals surface area contributed by atoms with Crippen molar-refractivity contribution in [3.8, 4) is 5.75 Å². The Balaban J connectivity index is 2.08. The van der Waals surface area contributed by atoms with Gasteiger partial charge in [0.15, 0.2) is 0 Å². The zero-order valence-electron chi connectivity index (χ0n) is 12.4. The van der Waals surface area contributed by atoms with Gasteiger partial charge in [-0.2, -0.15) is 0 Å². The number of benzene rings is 1. The van der Waals surface area contributed by atoms with Crippen molar-refractivity contribution in [1.82, 2.24) is 9.97 Å². The standard InChI is InChI=1S/C15H10F3N3O3S/c16-15(17,18)24-11-7-10-3-1-6-20-14(10)13(8-11)21-25(22,23)12-4-2-5-19-9-12/h1-9,21H. The maximum absolute atomic E-state index is 12.5. The predicted octanol–water partition coefficient (Wildman–Crippen LogP) is 3.33. The molecule has 3 rings (SSSR count). The van der Waals surface area contributed by atoms with Crippen LogP contribution >= 0.6 is 0 Å². The molecule has 0 bridgehead atoms. The van der Waals surface area contributed by atoms with Crippen LogP contribution in [0.25, 0.3) is 10.9 Å². The summed E-state index contributed by atoms with van der Waals surface area (Å²) in [5, 5.41) is 0.285. The van der Waals surface area contributed by atoms with Gasteiger partial charge in [0.1, 0.15) is 10.6 Å². The van der Waals surface area contributed by atoms with Crippen molar-refractivity contribution in [3.63, 3.8) is 0 Å². The number of pyridine rings is 2. The quantitative estimate of drug-likeness (QED) is 0.763. The summed E-state index contributed by atoms with van der Waals surface area (Å²) < 4.78 is 68.4. The Morgan fingerprint density at radius 1 is 1.08 bits per heavy atom. The Hall–Kier alpha value is -2.88. The highest BCUT2D eigenvalue weighted by atomic mass is 32.2. The van der Waals surface area contributed by atoms with E-state index in [1.807, 2.05) is 0 Å². The highest BCUT2D eigenvalue weighted by Crippen LogP contribution is 2.32. The van der Waals surface area contributed by atoms with Crippen LogP contribution in [0.2, 0.25) is 0 Å². The second kappa shape index (κ2) is 6.20. The molecule has 0 saturated carbocycles. The summed E-state index contributed by atoms with van der Waals surface area (Å²) in [5.74, 6) is -0.558. The zero-order valence-corrected chi connectivity index (χ0v) is 13.2. The predicted molar refractivity (Wildman–Crippen MR) is 83.5 cm³/mol. The third-order valence-electron chi connectivity index (χ3n) is 3.10. The maximum Gasteiger partial charge on any atom is 0.573 e. The minimum Gasteiger partial charge on any atom is -0.406 e. The first-order valence-electron chi connectivity index (χ1n) is 6.82. The zero-order chi connectivity index (χ0) is 18.1. The van der Waals surface area contributed by atoms with E-state index in [4.69, 9.17) is 0 Å². The van der Waals surface area contributed by atoms with E-state index in [0.717, 1.165) is 18.3 Å². The van der Waals surface area contributed by atoms with Gasteiger partial charge in [-0.1, -0.05) is 6.07 Å². The molecule has 1 aromatic carbocycles. The summed E-state index contributed by atoms with van der Waals surface area (Å²) in [7, 11) is -4.05. The van der Waals surface area contributed by atoms with Crippen molar-refractivity contribution in [2.75, 3.05) is 4.72 Å². The van der Waals surface area contributed by atoms with E-state index in [1.54, 1.807) is 0 Å². The fourth-order valence-electron chi connectivity index (χ4n) is 2.14. The van der Waals surface area contributed by atoms with Gasteiger partial charge in [-0.25, -0.2) is 8.42 Å². The highest BCUT2D eigenvalue weighted by molar-refractivity contribution is 7.92. The summed E-state index contributed by atoms with van der Waals surface area (Å²) in [4.78, 5) is 7.59. The number of sulfonamides is 1. The van der Waals surface area contributed by atoms with Crippen molar-refractivity contribution in [1.29, 1.82) is 0 Å². The molecule has 0 atom stereocenters. The van der Waals surface area contributed by atoms with E-state index in [2.05, 4.69) is 19.4 Å². The minimum atomic E-state index is -4.91. The lowest BCUT2D eigenvalue weighted by Crippen LogP contribution is -2.18. The fraction of sp³-hybridized carbons (Fsp3) is 0.0667. The van der Waals surface area contributed by atoms with Crippen LogP contribution in [0.15, 0.2) is 59.9 Å². The number of rotatable bonds is 4. The van der Waals surface area contributed by atoms with Crippen LogP contribution in [0.3, 0.4) is 0 Å². The highest BCUT2D eigenvalue weighted by Gasteiger charge is 2.31. The van der Waals surface area contributed by atoms with Crippen LogP contribution in [0.4, 0.5) is 18.9 Å². The fourth-order valence-corrected chi connectivity index (χ4v) is 3.17. The van der Waals surface area contributed by atoms with E-state index in [0.29, 0.717) is 0 Å². The monoisotopic (exact) mass is 369 g/mol. The van der Waals surface area contributed by atoms with Gasteiger partial charge in [-0.05, 0) is 24.3 Å². The van der Waals surface area contributed by atoms with E-state index in [1.165, 1.54) is 36.7 Å². The number of ether oxygens (including phenoxy) is 1. The number of fused-ring (bicyclic) bond motifs is 1. The first-order chi connectivity index (χ1) is 11.7. The summed E-state index contributed by atoms with van der Waals surface area (Å²) in [5.41, 5.74) is 0.0469. The largest absolute Gasteiger partial charge is 0.573 e. The van der Waals surface area contributed by atoms with Crippen molar-refractivity contribution in [2.45, 2.75) is 11.3 Å². The van der Waals surface area contributed by atoms with Gasteiger partial charge in [0.05, 0.1) is 11.2 Å². The Morgan fingerprint density at radius 2 is 1.84 bits per heavy atom. The Kier molecular flexibility index (Phi) is 4.21. The number of nitrogens with one attached hydrogen (secondary N) is 1. The molecule has 1 N–H and O–H groups in total. The molecule has 130 valence electrons. The summed E-state index contributed by atoms with van der Waals surface area (Å²) >= 11 is 0. The summed E-state index contributed by atoms with van der Waals surface area (Å²) in [6.45, 7) is 0. The van der Waals surface area contributed by atoms with Crippen LogP contribution < -0.4 is 9.46 Å². The van der Waals surface area contributed by atoms with Gasteiger partial charge in [-0.15, -0.1) is 13.2 Å². The number of hydrogen-bond acceptors (Lipinski definition) is 5. The second-order valence-electron chi connectivity index (χ2n) is 4.89. The third kappa shape index (κ3) is 3.97. The molecule has 2 aromatic heterocycles. The number of nitrogens with zero attached hydrogens (tertiary/aromatic N) is 2. The van der Waals surface area contributed by atoms with Crippen LogP contribution in [0, 0.1) is 0 Å². The van der Waals surface area contributed by atoms with Gasteiger partial charge in [-0.3, -0.25) is 14.7 Å². The first kappa shape index (κ1) is 17.0. The topological polar surface area (TPSA) is 81.2 Å². The molecule has 3 aromatic rings. The van der Waals surface area contributed by atoms with Crippen LogP contribution in [-0.4, -0.2) is 24.7 Å². The molecule has 2 heterocycles. The average Bonchev–Trinajstić information content (AvgIpc) is 2.54. The number of alkyl halides is 3. The Bertz CT molecular complexity index is 1010. The van der Waals surface area contributed by atoms with E-state index >= 15 is 0 Å². The molecular weight excluding hydrogens is 359 g/mol. The number of halogens is 3. The lowest BCUT2D eigenvalue weighted by atomic mass is 10.2. The Morgan fingerprint density at radius 3 is 2.52 bits per heavy atom. The molecule has 0 radical (unpaired) electrons. The smallest absolute Gasteiger partial charge is 0.406 e.